The SMILES string of the molecule is Cn1cc(C(=O)NO)c(OCc2ccc(Cl)c(Cl)c2)c1C(=O)NCCCN1CCN(CCCN)CC1. The average molecular weight is 541 g/mol. The van der Waals surface area contributed by atoms with Gasteiger partial charge in [-0.15, -0.1) is 0 Å². The van der Waals surface area contributed by atoms with Gasteiger partial charge in [-0.25, -0.2) is 5.48 Å². The number of halogens is 2. The van der Waals surface area contributed by atoms with Crippen molar-refractivity contribution in [2.75, 3.05) is 52.4 Å². The number of aryl methyl sites for hydroxylation is 1. The summed E-state index contributed by atoms with van der Waals surface area (Å²) in [4.78, 5) is 30.1. The highest BCUT2D eigenvalue weighted by atomic mass is 35.5. The molecule has 2 amide bonds. The highest BCUT2D eigenvalue weighted by Gasteiger charge is 2.26. The number of hydroxylamine groups is 1. The number of ether oxygens (including phenoxy) is 1. The minimum Gasteiger partial charge on any atom is -0.486 e. The molecule has 0 radical (unpaired) electrons. The quantitative estimate of drug-likeness (QED) is 0.184. The Kier molecular flexibility index (Phi) is 10.8. The minimum absolute atomic E-state index is 0.0396. The van der Waals surface area contributed by atoms with E-state index in [2.05, 4.69) is 15.1 Å². The molecule has 2 heterocycles. The second-order valence-corrected chi connectivity index (χ2v) is 9.56. The van der Waals surface area contributed by atoms with Gasteiger partial charge in [0.15, 0.2) is 5.75 Å². The number of hydrogen-bond acceptors (Lipinski definition) is 7. The van der Waals surface area contributed by atoms with Gasteiger partial charge >= 0.3 is 0 Å². The molecule has 1 aliphatic heterocycles. The van der Waals surface area contributed by atoms with Crippen molar-refractivity contribution in [1.82, 2.24) is 25.2 Å². The van der Waals surface area contributed by atoms with Crippen LogP contribution in [0.3, 0.4) is 0 Å². The summed E-state index contributed by atoms with van der Waals surface area (Å²) >= 11 is 12.0. The van der Waals surface area contributed by atoms with Crippen molar-refractivity contribution in [3.8, 4) is 5.75 Å². The summed E-state index contributed by atoms with van der Waals surface area (Å²) in [5, 5.41) is 12.8. The zero-order valence-corrected chi connectivity index (χ0v) is 21.9. The average Bonchev–Trinajstić information content (AvgIpc) is 3.22. The molecule has 10 nitrogen and oxygen atoms in total. The summed E-state index contributed by atoms with van der Waals surface area (Å²) in [5.41, 5.74) is 8.12. The standard InChI is InChI=1S/C24H34Cl2N6O4/c1-30-15-18(23(33)29-35)22(36-16-17-4-5-19(25)20(26)14-17)21(30)24(34)28-7-3-9-32-12-10-31(11-13-32)8-2-6-27/h4-5,14-15,35H,2-3,6-13,16,27H2,1H3,(H,28,34)(H,29,33). The molecule has 1 saturated heterocycles. The fraction of sp³-hybridized carbons (Fsp3) is 0.500. The van der Waals surface area contributed by atoms with Crippen molar-refractivity contribution in [1.29, 1.82) is 0 Å². The van der Waals surface area contributed by atoms with Gasteiger partial charge < -0.3 is 30.2 Å². The largest absolute Gasteiger partial charge is 0.486 e. The Bertz CT molecular complexity index is 1040. The number of rotatable bonds is 12. The van der Waals surface area contributed by atoms with Crippen molar-refractivity contribution in [2.45, 2.75) is 19.4 Å². The Morgan fingerprint density at radius 2 is 1.72 bits per heavy atom. The first kappa shape index (κ1) is 28.2. The summed E-state index contributed by atoms with van der Waals surface area (Å²) in [7, 11) is 1.64. The topological polar surface area (TPSA) is 125 Å². The van der Waals surface area contributed by atoms with Crippen molar-refractivity contribution in [2.24, 2.45) is 12.8 Å². The van der Waals surface area contributed by atoms with Gasteiger partial charge in [0, 0.05) is 46.0 Å². The van der Waals surface area contributed by atoms with Crippen LogP contribution in [0.4, 0.5) is 0 Å². The first-order valence-electron chi connectivity index (χ1n) is 12.0. The number of amides is 2. The maximum absolute atomic E-state index is 13.0. The summed E-state index contributed by atoms with van der Waals surface area (Å²) < 4.78 is 7.38. The second kappa shape index (κ2) is 13.8. The van der Waals surface area contributed by atoms with Crippen LogP contribution in [0, 0.1) is 0 Å². The van der Waals surface area contributed by atoms with Gasteiger partial charge in [-0.1, -0.05) is 29.3 Å². The van der Waals surface area contributed by atoms with Crippen LogP contribution in [0.25, 0.3) is 0 Å². The molecule has 0 aliphatic carbocycles. The zero-order chi connectivity index (χ0) is 26.1. The summed E-state index contributed by atoms with van der Waals surface area (Å²) in [6.07, 6.45) is 3.25. The van der Waals surface area contributed by atoms with E-state index in [0.717, 1.165) is 58.7 Å². The van der Waals surface area contributed by atoms with Gasteiger partial charge in [0.25, 0.3) is 11.8 Å². The maximum atomic E-state index is 13.0. The molecule has 1 aromatic carbocycles. The fourth-order valence-corrected chi connectivity index (χ4v) is 4.48. The first-order valence-corrected chi connectivity index (χ1v) is 12.7. The van der Waals surface area contributed by atoms with Crippen LogP contribution in [0.5, 0.6) is 5.75 Å². The number of nitrogens with zero attached hydrogens (tertiary/aromatic N) is 3. The number of benzene rings is 1. The maximum Gasteiger partial charge on any atom is 0.279 e. The molecule has 0 bridgehead atoms. The fourth-order valence-electron chi connectivity index (χ4n) is 4.16. The summed E-state index contributed by atoms with van der Waals surface area (Å²) in [6, 6.07) is 5.03. The van der Waals surface area contributed by atoms with Crippen LogP contribution < -0.4 is 21.3 Å². The first-order chi connectivity index (χ1) is 17.3. The molecule has 0 saturated carbocycles. The molecule has 198 valence electrons. The van der Waals surface area contributed by atoms with E-state index in [1.807, 2.05) is 0 Å². The van der Waals surface area contributed by atoms with E-state index >= 15 is 0 Å². The van der Waals surface area contributed by atoms with E-state index in [1.54, 1.807) is 30.7 Å². The van der Waals surface area contributed by atoms with E-state index in [9.17, 15) is 9.59 Å². The monoisotopic (exact) mass is 540 g/mol. The number of hydrogen-bond donors (Lipinski definition) is 4. The highest BCUT2D eigenvalue weighted by Crippen LogP contribution is 2.28. The van der Waals surface area contributed by atoms with Crippen LogP contribution in [-0.2, 0) is 13.7 Å². The molecule has 12 heteroatoms. The number of carbonyl (C=O) groups excluding carboxylic acids is 2. The van der Waals surface area contributed by atoms with Gasteiger partial charge in [-0.3, -0.25) is 14.8 Å². The lowest BCUT2D eigenvalue weighted by Gasteiger charge is -2.34. The molecule has 0 unspecified atom stereocenters. The molecule has 1 aromatic heterocycles. The van der Waals surface area contributed by atoms with Crippen LogP contribution in [0.2, 0.25) is 10.0 Å². The molecule has 1 fully saturated rings. The van der Waals surface area contributed by atoms with Crippen molar-refractivity contribution < 1.29 is 19.5 Å². The van der Waals surface area contributed by atoms with Crippen LogP contribution in [-0.4, -0.2) is 83.7 Å². The normalized spacial score (nSPS) is 14.6. The van der Waals surface area contributed by atoms with Crippen molar-refractivity contribution >= 4 is 35.0 Å². The van der Waals surface area contributed by atoms with Crippen LogP contribution >= 0.6 is 23.2 Å². The van der Waals surface area contributed by atoms with Crippen molar-refractivity contribution in [3.05, 3.63) is 51.3 Å². The predicted octanol–water partition coefficient (Wildman–Crippen LogP) is 2.12. The number of carbonyl (C=O) groups is 2. The summed E-state index contributed by atoms with van der Waals surface area (Å²) in [6.45, 7) is 7.24. The number of nitrogens with one attached hydrogen (secondary N) is 2. The molecule has 5 N–H and O–H groups in total. The molecule has 36 heavy (non-hydrogen) atoms. The molecule has 2 aromatic rings. The van der Waals surface area contributed by atoms with E-state index in [0.29, 0.717) is 22.2 Å². The van der Waals surface area contributed by atoms with Crippen LogP contribution in [0.15, 0.2) is 24.4 Å². The van der Waals surface area contributed by atoms with Crippen molar-refractivity contribution in [3.63, 3.8) is 0 Å². The molecule has 3 rings (SSSR count). The molecule has 0 atom stereocenters. The Labute approximate surface area is 221 Å². The smallest absolute Gasteiger partial charge is 0.279 e. The lowest BCUT2D eigenvalue weighted by Crippen LogP contribution is -2.47. The molecule has 1 aliphatic rings. The van der Waals surface area contributed by atoms with Crippen LogP contribution in [0.1, 0.15) is 39.3 Å². The molecular formula is C24H34Cl2N6O4. The lowest BCUT2D eigenvalue weighted by molar-refractivity contribution is 0.0702. The zero-order valence-electron chi connectivity index (χ0n) is 20.4. The van der Waals surface area contributed by atoms with Gasteiger partial charge in [0.1, 0.15) is 17.9 Å². The second-order valence-electron chi connectivity index (χ2n) is 8.74. The number of piperazine rings is 1. The van der Waals surface area contributed by atoms with E-state index in [-0.39, 0.29) is 29.5 Å². The lowest BCUT2D eigenvalue weighted by atomic mass is 10.2. The summed E-state index contributed by atoms with van der Waals surface area (Å²) in [5.74, 6) is -1.08. The molecular weight excluding hydrogens is 507 g/mol. The highest BCUT2D eigenvalue weighted by molar-refractivity contribution is 6.42. The van der Waals surface area contributed by atoms with Gasteiger partial charge in [-0.05, 0) is 50.2 Å². The van der Waals surface area contributed by atoms with Gasteiger partial charge in [-0.2, -0.15) is 0 Å². The van der Waals surface area contributed by atoms with Gasteiger partial charge in [0.05, 0.1) is 10.0 Å². The number of nitrogens with two attached hydrogens (primary N) is 1. The van der Waals surface area contributed by atoms with E-state index in [4.69, 9.17) is 38.9 Å². The van der Waals surface area contributed by atoms with Gasteiger partial charge in [0.2, 0.25) is 0 Å². The van der Waals surface area contributed by atoms with E-state index < -0.39 is 5.91 Å². The van der Waals surface area contributed by atoms with E-state index in [1.165, 1.54) is 10.8 Å². The predicted molar refractivity (Wildman–Crippen MR) is 139 cm³/mol. The number of aromatic nitrogens is 1. The Hall–Kier alpha value is -2.34. The third-order valence-corrected chi connectivity index (χ3v) is 6.88. The third kappa shape index (κ3) is 7.58. The minimum atomic E-state index is -0.778. The third-order valence-electron chi connectivity index (χ3n) is 6.14. The Balaban J connectivity index is 1.57. The Morgan fingerprint density at radius 1 is 1.06 bits per heavy atom. The molecule has 0 spiro atoms. The Morgan fingerprint density at radius 3 is 2.33 bits per heavy atom.